The zero-order chi connectivity index (χ0) is 16.0. The number of hydrogen-bond donors (Lipinski definition) is 0. The third kappa shape index (κ3) is 4.71. The lowest BCUT2D eigenvalue weighted by Gasteiger charge is -2.40. The minimum atomic E-state index is -2.93. The largest absolute Gasteiger partial charge is 0.413 e. The Morgan fingerprint density at radius 2 is 2.00 bits per heavy atom. The molecule has 1 nitrogen and oxygen atoms in total. The van der Waals surface area contributed by atoms with Gasteiger partial charge in [-0.2, -0.15) is 0 Å². The molecule has 1 fully saturated rings. The van der Waals surface area contributed by atoms with Crippen LogP contribution in [0, 0.1) is 0 Å². The minimum Gasteiger partial charge on any atom is -0.413 e. The summed E-state index contributed by atoms with van der Waals surface area (Å²) >= 11 is 0. The average Bonchev–Trinajstić information content (AvgIpc) is 2.48. The van der Waals surface area contributed by atoms with Crippen molar-refractivity contribution < 1.29 is 17.6 Å². The van der Waals surface area contributed by atoms with Gasteiger partial charge in [0.2, 0.25) is 8.32 Å². The summed E-state index contributed by atoms with van der Waals surface area (Å²) in [5, 5.41) is 0. The van der Waals surface area contributed by atoms with Crippen LogP contribution < -0.4 is 0 Å². The molecule has 0 radical (unpaired) electrons. The third-order valence-corrected chi connectivity index (χ3v) is 8.50. The van der Waals surface area contributed by atoms with Crippen molar-refractivity contribution in [1.82, 2.24) is 0 Å². The van der Waals surface area contributed by atoms with Gasteiger partial charge in [0.25, 0.3) is 6.43 Å². The summed E-state index contributed by atoms with van der Waals surface area (Å²) in [6.45, 7) is 3.72. The highest BCUT2D eigenvalue weighted by Crippen LogP contribution is 2.36. The second kappa shape index (κ2) is 7.97. The summed E-state index contributed by atoms with van der Waals surface area (Å²) in [7, 11) is -2.55. The normalized spacial score (nSPS) is 26.8. The van der Waals surface area contributed by atoms with Crippen molar-refractivity contribution in [3.63, 3.8) is 0 Å². The first-order valence-corrected chi connectivity index (χ1v) is 10.3. The molecule has 0 aliphatic carbocycles. The van der Waals surface area contributed by atoms with E-state index >= 15 is 0 Å². The number of alkyl halides is 3. The van der Waals surface area contributed by atoms with Gasteiger partial charge < -0.3 is 4.43 Å². The fourth-order valence-electron chi connectivity index (χ4n) is 3.24. The van der Waals surface area contributed by atoms with Crippen molar-refractivity contribution in [3.05, 3.63) is 48.6 Å². The second-order valence-corrected chi connectivity index (χ2v) is 9.92. The number of benzene rings is 1. The molecule has 3 unspecified atom stereocenters. The Morgan fingerprint density at radius 3 is 2.64 bits per heavy atom. The Labute approximate surface area is 131 Å². The maximum Gasteiger partial charge on any atom is 0.269 e. The van der Waals surface area contributed by atoms with Crippen molar-refractivity contribution in [3.8, 4) is 0 Å². The van der Waals surface area contributed by atoms with Crippen LogP contribution in [-0.2, 0) is 10.5 Å². The molecule has 5 heteroatoms. The van der Waals surface area contributed by atoms with E-state index in [1.165, 1.54) is 0 Å². The molecule has 0 N–H and O–H groups in total. The molecule has 2 rings (SSSR count). The molecule has 1 aliphatic rings. The number of rotatable bonds is 7. The summed E-state index contributed by atoms with van der Waals surface area (Å²) in [6.07, 6.45) is -0.686. The Morgan fingerprint density at radius 1 is 1.27 bits per heavy atom. The lowest BCUT2D eigenvalue weighted by atomic mass is 10.1. The van der Waals surface area contributed by atoms with E-state index in [1.54, 1.807) is 6.08 Å². The van der Waals surface area contributed by atoms with Crippen molar-refractivity contribution in [1.29, 1.82) is 0 Å². The maximum absolute atomic E-state index is 13.8. The quantitative estimate of drug-likeness (QED) is 0.501. The van der Waals surface area contributed by atoms with E-state index < -0.39 is 20.9 Å². The molecule has 1 aliphatic heterocycles. The van der Waals surface area contributed by atoms with Crippen molar-refractivity contribution in [2.75, 3.05) is 0 Å². The Kier molecular flexibility index (Phi) is 6.26. The van der Waals surface area contributed by atoms with Gasteiger partial charge in [-0.1, -0.05) is 42.8 Å². The third-order valence-electron chi connectivity index (χ3n) is 4.21. The Bertz CT molecular complexity index is 468. The van der Waals surface area contributed by atoms with Crippen LogP contribution in [0.2, 0.25) is 12.1 Å². The highest BCUT2D eigenvalue weighted by molar-refractivity contribution is 6.73. The summed E-state index contributed by atoms with van der Waals surface area (Å²) in [6, 6.07) is 10.9. The van der Waals surface area contributed by atoms with E-state index in [0.717, 1.165) is 24.4 Å². The SMILES string of the molecule is C=CCC1CCC[Si](Cc2ccccc2)(CC(F)C(F)F)O1. The molecule has 1 heterocycles. The highest BCUT2D eigenvalue weighted by Gasteiger charge is 2.44. The molecule has 122 valence electrons. The first-order valence-electron chi connectivity index (χ1n) is 7.79. The van der Waals surface area contributed by atoms with Crippen LogP contribution in [0.1, 0.15) is 24.8 Å². The van der Waals surface area contributed by atoms with Crippen molar-refractivity contribution in [2.24, 2.45) is 0 Å². The van der Waals surface area contributed by atoms with E-state index in [0.29, 0.717) is 12.5 Å². The standard InChI is InChI=1S/C17H23F3OSi/c1-2-7-15-10-6-11-22(21-15,13-16(18)17(19)20)12-14-8-4-3-5-9-14/h2-5,8-9,15-17H,1,6-7,10-13H2. The van der Waals surface area contributed by atoms with Crippen LogP contribution in [0.4, 0.5) is 13.2 Å². The zero-order valence-electron chi connectivity index (χ0n) is 12.7. The van der Waals surface area contributed by atoms with Crippen molar-refractivity contribution >= 4 is 8.32 Å². The lowest BCUT2D eigenvalue weighted by molar-refractivity contribution is 0.0533. The predicted octanol–water partition coefficient (Wildman–Crippen LogP) is 5.07. The van der Waals surface area contributed by atoms with Crippen molar-refractivity contribution in [2.45, 2.75) is 56.1 Å². The van der Waals surface area contributed by atoms with Crippen LogP contribution in [0.25, 0.3) is 0 Å². The highest BCUT2D eigenvalue weighted by atomic mass is 28.4. The van der Waals surface area contributed by atoms with Gasteiger partial charge in [-0.3, -0.25) is 0 Å². The molecule has 3 atom stereocenters. The van der Waals surface area contributed by atoms with Gasteiger partial charge in [0, 0.05) is 12.1 Å². The monoisotopic (exact) mass is 328 g/mol. The lowest BCUT2D eigenvalue weighted by Crippen LogP contribution is -2.49. The molecule has 0 aromatic heterocycles. The maximum atomic E-state index is 13.8. The van der Waals surface area contributed by atoms with E-state index in [4.69, 9.17) is 4.43 Å². The average molecular weight is 328 g/mol. The molecule has 0 saturated carbocycles. The van der Waals surface area contributed by atoms with E-state index in [-0.39, 0.29) is 12.1 Å². The van der Waals surface area contributed by atoms with Crippen LogP contribution in [0.15, 0.2) is 43.0 Å². The van der Waals surface area contributed by atoms with Gasteiger partial charge in [0.15, 0.2) is 6.17 Å². The van der Waals surface area contributed by atoms with E-state index in [1.807, 2.05) is 30.3 Å². The van der Waals surface area contributed by atoms with Gasteiger partial charge >= 0.3 is 0 Å². The molecule has 0 bridgehead atoms. The molecule has 1 aromatic carbocycles. The Hall–Kier alpha value is -1.07. The fraction of sp³-hybridized carbons (Fsp3) is 0.529. The van der Waals surface area contributed by atoms with Gasteiger partial charge in [-0.25, -0.2) is 13.2 Å². The topological polar surface area (TPSA) is 9.23 Å². The number of halogens is 3. The first kappa shape index (κ1) is 17.3. The number of hydrogen-bond acceptors (Lipinski definition) is 1. The minimum absolute atomic E-state index is 0.00602. The first-order chi connectivity index (χ1) is 10.5. The molecule has 0 spiro atoms. The predicted molar refractivity (Wildman–Crippen MR) is 85.3 cm³/mol. The van der Waals surface area contributed by atoms with Crippen LogP contribution >= 0.6 is 0 Å². The summed E-state index contributed by atoms with van der Waals surface area (Å²) in [5.74, 6) is 0. The molecule has 0 amide bonds. The van der Waals surface area contributed by atoms with Gasteiger partial charge in [-0.05, 0) is 30.5 Å². The smallest absolute Gasteiger partial charge is 0.269 e. The molecule has 22 heavy (non-hydrogen) atoms. The zero-order valence-corrected chi connectivity index (χ0v) is 13.7. The van der Waals surface area contributed by atoms with Crippen LogP contribution in [-0.4, -0.2) is 27.0 Å². The molecule has 1 saturated heterocycles. The van der Waals surface area contributed by atoms with Crippen LogP contribution in [0.3, 0.4) is 0 Å². The molecule has 1 aromatic rings. The Balaban J connectivity index is 2.17. The molecular weight excluding hydrogens is 305 g/mol. The van der Waals surface area contributed by atoms with Gasteiger partial charge in [-0.15, -0.1) is 6.58 Å². The second-order valence-electron chi connectivity index (χ2n) is 6.06. The van der Waals surface area contributed by atoms with Gasteiger partial charge in [0.1, 0.15) is 0 Å². The molecular formula is C17H23F3OSi. The summed E-state index contributed by atoms with van der Waals surface area (Å²) in [4.78, 5) is 0. The summed E-state index contributed by atoms with van der Waals surface area (Å²) in [5.41, 5.74) is 1.05. The fourth-order valence-corrected chi connectivity index (χ4v) is 7.70. The van der Waals surface area contributed by atoms with E-state index in [2.05, 4.69) is 6.58 Å². The van der Waals surface area contributed by atoms with Crippen LogP contribution in [0.5, 0.6) is 0 Å². The van der Waals surface area contributed by atoms with E-state index in [9.17, 15) is 13.2 Å². The van der Waals surface area contributed by atoms with Gasteiger partial charge in [0.05, 0.1) is 0 Å². The summed E-state index contributed by atoms with van der Waals surface area (Å²) < 4.78 is 45.4.